The highest BCUT2D eigenvalue weighted by molar-refractivity contribution is 6.39. The molecule has 2 atom stereocenters. The first-order valence-electron chi connectivity index (χ1n) is 7.04. The Morgan fingerprint density at radius 2 is 1.86 bits per heavy atom. The van der Waals surface area contributed by atoms with Gasteiger partial charge in [-0.15, -0.1) is 0 Å². The molecule has 1 aromatic rings. The first kappa shape index (κ1) is 15.4. The number of anilines is 1. The summed E-state index contributed by atoms with van der Waals surface area (Å²) in [7, 11) is 0. The molecule has 1 aromatic carbocycles. The van der Waals surface area contributed by atoms with Crippen LogP contribution >= 0.6 is 0 Å². The van der Waals surface area contributed by atoms with Crippen LogP contribution in [-0.4, -0.2) is 17.9 Å². The first-order valence-corrected chi connectivity index (χ1v) is 7.04. The van der Waals surface area contributed by atoms with Gasteiger partial charge >= 0.3 is 11.8 Å². The van der Waals surface area contributed by atoms with Gasteiger partial charge in [0.05, 0.1) is 5.69 Å². The quantitative estimate of drug-likeness (QED) is 0.824. The van der Waals surface area contributed by atoms with E-state index in [9.17, 15) is 18.4 Å². The molecule has 0 radical (unpaired) electrons. The number of amides is 2. The van der Waals surface area contributed by atoms with Crippen LogP contribution in [0.5, 0.6) is 0 Å². The van der Waals surface area contributed by atoms with Crippen LogP contribution in [-0.2, 0) is 9.59 Å². The van der Waals surface area contributed by atoms with Gasteiger partial charge < -0.3 is 10.6 Å². The van der Waals surface area contributed by atoms with Crippen molar-refractivity contribution >= 4 is 17.5 Å². The van der Waals surface area contributed by atoms with E-state index in [-0.39, 0.29) is 11.7 Å². The Morgan fingerprint density at radius 1 is 1.14 bits per heavy atom. The van der Waals surface area contributed by atoms with Gasteiger partial charge in [-0.1, -0.05) is 19.8 Å². The van der Waals surface area contributed by atoms with E-state index in [0.29, 0.717) is 12.0 Å². The van der Waals surface area contributed by atoms with Gasteiger partial charge in [0, 0.05) is 12.1 Å². The van der Waals surface area contributed by atoms with Gasteiger partial charge in [0.25, 0.3) is 0 Å². The van der Waals surface area contributed by atoms with E-state index in [1.54, 1.807) is 0 Å². The van der Waals surface area contributed by atoms with E-state index in [1.165, 1.54) is 0 Å². The maximum atomic E-state index is 13.4. The lowest BCUT2D eigenvalue weighted by molar-refractivity contribution is -0.137. The van der Waals surface area contributed by atoms with E-state index in [4.69, 9.17) is 0 Å². The van der Waals surface area contributed by atoms with Crippen molar-refractivity contribution in [3.63, 3.8) is 0 Å². The summed E-state index contributed by atoms with van der Waals surface area (Å²) >= 11 is 0. The van der Waals surface area contributed by atoms with Gasteiger partial charge in [0.2, 0.25) is 0 Å². The highest BCUT2D eigenvalue weighted by Gasteiger charge is 2.25. The van der Waals surface area contributed by atoms with Gasteiger partial charge in [0.15, 0.2) is 0 Å². The number of rotatable bonds is 2. The number of carbonyl (C=O) groups is 2. The summed E-state index contributed by atoms with van der Waals surface area (Å²) in [5, 5.41) is 4.82. The second-order valence-corrected chi connectivity index (χ2v) is 5.42. The Balaban J connectivity index is 1.94. The van der Waals surface area contributed by atoms with Crippen LogP contribution in [0.2, 0.25) is 0 Å². The predicted octanol–water partition coefficient (Wildman–Crippen LogP) is 2.60. The molecule has 114 valence electrons. The predicted molar refractivity (Wildman–Crippen MR) is 74.6 cm³/mol. The van der Waals surface area contributed by atoms with Crippen LogP contribution in [0.4, 0.5) is 14.5 Å². The van der Waals surface area contributed by atoms with E-state index >= 15 is 0 Å². The monoisotopic (exact) mass is 296 g/mol. The minimum atomic E-state index is -0.946. The molecular weight excluding hydrogens is 278 g/mol. The molecule has 0 unspecified atom stereocenters. The molecule has 1 fully saturated rings. The lowest BCUT2D eigenvalue weighted by Crippen LogP contribution is -2.45. The summed E-state index contributed by atoms with van der Waals surface area (Å²) in [5.74, 6) is -3.08. The Labute approximate surface area is 121 Å². The van der Waals surface area contributed by atoms with E-state index in [2.05, 4.69) is 10.6 Å². The highest BCUT2D eigenvalue weighted by atomic mass is 19.1. The van der Waals surface area contributed by atoms with E-state index in [1.807, 2.05) is 6.92 Å². The van der Waals surface area contributed by atoms with Gasteiger partial charge in [-0.3, -0.25) is 9.59 Å². The third-order valence-electron chi connectivity index (χ3n) is 3.81. The zero-order valence-corrected chi connectivity index (χ0v) is 11.8. The Hall–Kier alpha value is -1.98. The molecule has 0 aliphatic heterocycles. The normalized spacial score (nSPS) is 21.7. The van der Waals surface area contributed by atoms with Crippen LogP contribution in [0.3, 0.4) is 0 Å². The lowest BCUT2D eigenvalue weighted by atomic mass is 9.86. The summed E-state index contributed by atoms with van der Waals surface area (Å²) in [6.07, 6.45) is 3.99. The van der Waals surface area contributed by atoms with Crippen LogP contribution in [0.1, 0.15) is 32.6 Å². The number of halogens is 2. The first-order chi connectivity index (χ1) is 9.97. The maximum Gasteiger partial charge on any atom is 0.313 e. The molecule has 1 aliphatic rings. The fourth-order valence-electron chi connectivity index (χ4n) is 2.53. The summed E-state index contributed by atoms with van der Waals surface area (Å²) in [6, 6.07) is 2.71. The van der Waals surface area contributed by atoms with Crippen molar-refractivity contribution < 1.29 is 18.4 Å². The van der Waals surface area contributed by atoms with Crippen molar-refractivity contribution in [3.05, 3.63) is 29.8 Å². The maximum absolute atomic E-state index is 13.4. The van der Waals surface area contributed by atoms with Crippen molar-refractivity contribution in [3.8, 4) is 0 Å². The molecule has 4 nitrogen and oxygen atoms in total. The Kier molecular flexibility index (Phi) is 4.88. The van der Waals surface area contributed by atoms with Gasteiger partial charge in [-0.2, -0.15) is 0 Å². The molecule has 0 saturated heterocycles. The van der Waals surface area contributed by atoms with Crippen molar-refractivity contribution in [1.29, 1.82) is 0 Å². The van der Waals surface area contributed by atoms with Crippen molar-refractivity contribution in [2.24, 2.45) is 5.92 Å². The Bertz CT molecular complexity index is 548. The van der Waals surface area contributed by atoms with E-state index in [0.717, 1.165) is 37.8 Å². The van der Waals surface area contributed by atoms with Crippen molar-refractivity contribution in [1.82, 2.24) is 5.32 Å². The molecule has 2 N–H and O–H groups in total. The summed E-state index contributed by atoms with van der Waals surface area (Å²) in [5.41, 5.74) is -0.215. The molecule has 1 aliphatic carbocycles. The van der Waals surface area contributed by atoms with Crippen LogP contribution in [0.25, 0.3) is 0 Å². The lowest BCUT2D eigenvalue weighted by Gasteiger charge is -2.29. The zero-order chi connectivity index (χ0) is 15.4. The van der Waals surface area contributed by atoms with Crippen LogP contribution in [0, 0.1) is 17.6 Å². The number of hydrogen-bond acceptors (Lipinski definition) is 2. The third kappa shape index (κ3) is 4.00. The van der Waals surface area contributed by atoms with Gasteiger partial charge in [0.1, 0.15) is 11.6 Å². The van der Waals surface area contributed by atoms with Crippen molar-refractivity contribution in [2.45, 2.75) is 38.6 Å². The van der Waals surface area contributed by atoms with Crippen LogP contribution < -0.4 is 10.6 Å². The number of hydrogen-bond donors (Lipinski definition) is 2. The molecule has 2 rings (SSSR count). The molecule has 21 heavy (non-hydrogen) atoms. The largest absolute Gasteiger partial charge is 0.345 e. The highest BCUT2D eigenvalue weighted by Crippen LogP contribution is 2.23. The second-order valence-electron chi connectivity index (χ2n) is 5.42. The van der Waals surface area contributed by atoms with E-state index < -0.39 is 23.4 Å². The fraction of sp³-hybridized carbons (Fsp3) is 0.467. The molecule has 0 bridgehead atoms. The second kappa shape index (κ2) is 6.65. The molecule has 0 aromatic heterocycles. The standard InChI is InChI=1S/C15H18F2N2O2/c1-9-4-2-3-5-12(9)18-14(20)15(21)19-13-7-6-10(16)8-11(13)17/h6-9,12H,2-5H2,1H3,(H,18,20)(H,19,21)/t9-,12-/m1/s1. The SMILES string of the molecule is C[C@@H]1CCCC[C@H]1NC(=O)C(=O)Nc1ccc(F)cc1F. The molecular formula is C15H18F2N2O2. The van der Waals surface area contributed by atoms with Crippen molar-refractivity contribution in [2.75, 3.05) is 5.32 Å². The Morgan fingerprint density at radius 3 is 2.52 bits per heavy atom. The molecule has 0 spiro atoms. The summed E-state index contributed by atoms with van der Waals surface area (Å²) in [6.45, 7) is 2.03. The minimum Gasteiger partial charge on any atom is -0.345 e. The van der Waals surface area contributed by atoms with Crippen LogP contribution in [0.15, 0.2) is 18.2 Å². The number of carbonyl (C=O) groups excluding carboxylic acids is 2. The molecule has 6 heteroatoms. The number of nitrogens with one attached hydrogen (secondary N) is 2. The average molecular weight is 296 g/mol. The fourth-order valence-corrected chi connectivity index (χ4v) is 2.53. The molecule has 0 heterocycles. The molecule has 1 saturated carbocycles. The molecule has 2 amide bonds. The summed E-state index contributed by atoms with van der Waals surface area (Å²) < 4.78 is 26.2. The topological polar surface area (TPSA) is 58.2 Å². The number of benzene rings is 1. The average Bonchev–Trinajstić information content (AvgIpc) is 2.44. The smallest absolute Gasteiger partial charge is 0.313 e. The summed E-state index contributed by atoms with van der Waals surface area (Å²) in [4.78, 5) is 23.6. The zero-order valence-electron chi connectivity index (χ0n) is 11.8. The van der Waals surface area contributed by atoms with Gasteiger partial charge in [-0.05, 0) is 30.9 Å². The third-order valence-corrected chi connectivity index (χ3v) is 3.81. The van der Waals surface area contributed by atoms with Gasteiger partial charge in [-0.25, -0.2) is 8.78 Å². The minimum absolute atomic E-state index is 0.0323.